The van der Waals surface area contributed by atoms with Gasteiger partial charge in [-0.05, 0) is 42.8 Å². The molecule has 0 spiro atoms. The molecule has 2 aromatic rings. The van der Waals surface area contributed by atoms with E-state index in [1.807, 2.05) is 25.1 Å². The lowest BCUT2D eigenvalue weighted by Crippen LogP contribution is -2.08. The monoisotopic (exact) mass is 304 g/mol. The van der Waals surface area contributed by atoms with Gasteiger partial charge in [0, 0.05) is 18.7 Å². The summed E-state index contributed by atoms with van der Waals surface area (Å²) in [5, 5.41) is 15.8. The number of anilines is 2. The number of hydrogen-bond acceptors (Lipinski definition) is 3. The highest BCUT2D eigenvalue weighted by Crippen LogP contribution is 2.28. The van der Waals surface area contributed by atoms with Crippen LogP contribution in [0.1, 0.15) is 25.5 Å². The first kappa shape index (κ1) is 15.2. The summed E-state index contributed by atoms with van der Waals surface area (Å²) in [4.78, 5) is 11.0. The number of nitrogens with one attached hydrogen (secondary N) is 2. The van der Waals surface area contributed by atoms with E-state index in [1.165, 1.54) is 6.92 Å². The first-order valence-corrected chi connectivity index (χ1v) is 6.96. The summed E-state index contributed by atoms with van der Waals surface area (Å²) in [7, 11) is 0. The van der Waals surface area contributed by atoms with Crippen LogP contribution >= 0.6 is 11.6 Å². The van der Waals surface area contributed by atoms with Gasteiger partial charge in [0.1, 0.15) is 5.75 Å². The van der Waals surface area contributed by atoms with Gasteiger partial charge in [0.15, 0.2) is 0 Å². The third-order valence-electron chi connectivity index (χ3n) is 3.06. The van der Waals surface area contributed by atoms with Crippen LogP contribution in [0, 0.1) is 0 Å². The number of rotatable bonds is 4. The molecule has 0 aliphatic rings. The number of benzene rings is 2. The van der Waals surface area contributed by atoms with Crippen LogP contribution in [0.25, 0.3) is 0 Å². The summed E-state index contributed by atoms with van der Waals surface area (Å²) in [5.41, 5.74) is 2.50. The maximum absolute atomic E-state index is 11.0. The maximum Gasteiger partial charge on any atom is 0.221 e. The summed E-state index contributed by atoms with van der Waals surface area (Å²) in [6.07, 6.45) is 0. The number of carbonyl (C=O) groups is 1. The van der Waals surface area contributed by atoms with E-state index in [0.29, 0.717) is 10.7 Å². The standard InChI is InChI=1S/C16H17ClN2O2/c1-10(12-3-6-14(21)7-4-12)18-13-5-8-16(15(17)9-13)19-11(2)20/h3-10,18,21H,1-2H3,(H,19,20). The maximum atomic E-state index is 11.0. The Morgan fingerprint density at radius 3 is 2.43 bits per heavy atom. The number of phenolic OH excluding ortho intramolecular Hbond substituents is 1. The minimum atomic E-state index is -0.157. The van der Waals surface area contributed by atoms with Gasteiger partial charge in [-0.3, -0.25) is 4.79 Å². The quantitative estimate of drug-likeness (QED) is 0.794. The molecule has 4 nitrogen and oxygen atoms in total. The van der Waals surface area contributed by atoms with Gasteiger partial charge in [-0.2, -0.15) is 0 Å². The van der Waals surface area contributed by atoms with Gasteiger partial charge >= 0.3 is 0 Å². The molecule has 0 fully saturated rings. The first-order valence-electron chi connectivity index (χ1n) is 6.58. The number of hydrogen-bond donors (Lipinski definition) is 3. The Morgan fingerprint density at radius 1 is 1.19 bits per heavy atom. The SMILES string of the molecule is CC(=O)Nc1ccc(NC(C)c2ccc(O)cc2)cc1Cl. The normalized spacial score (nSPS) is 11.8. The summed E-state index contributed by atoms with van der Waals surface area (Å²) >= 11 is 6.14. The van der Waals surface area contributed by atoms with Crippen LogP contribution in [0.3, 0.4) is 0 Å². The van der Waals surface area contributed by atoms with Gasteiger partial charge in [-0.15, -0.1) is 0 Å². The summed E-state index contributed by atoms with van der Waals surface area (Å²) in [6.45, 7) is 3.46. The van der Waals surface area contributed by atoms with Crippen LogP contribution in [0.15, 0.2) is 42.5 Å². The molecule has 0 bridgehead atoms. The summed E-state index contributed by atoms with van der Waals surface area (Å²) in [6, 6.07) is 12.5. The van der Waals surface area contributed by atoms with Crippen molar-refractivity contribution < 1.29 is 9.90 Å². The molecule has 0 heterocycles. The van der Waals surface area contributed by atoms with Gasteiger partial charge in [0.2, 0.25) is 5.91 Å². The lowest BCUT2D eigenvalue weighted by Gasteiger charge is -2.17. The highest BCUT2D eigenvalue weighted by Gasteiger charge is 2.08. The van der Waals surface area contributed by atoms with E-state index < -0.39 is 0 Å². The van der Waals surface area contributed by atoms with Crippen molar-refractivity contribution in [3.05, 3.63) is 53.1 Å². The Bertz CT molecular complexity index is 641. The van der Waals surface area contributed by atoms with Crippen molar-refractivity contribution in [3.8, 4) is 5.75 Å². The lowest BCUT2D eigenvalue weighted by atomic mass is 10.1. The number of halogens is 1. The third kappa shape index (κ3) is 4.13. The number of carbonyl (C=O) groups excluding carboxylic acids is 1. The lowest BCUT2D eigenvalue weighted by molar-refractivity contribution is -0.114. The third-order valence-corrected chi connectivity index (χ3v) is 3.37. The van der Waals surface area contributed by atoms with Crippen molar-refractivity contribution in [2.45, 2.75) is 19.9 Å². The van der Waals surface area contributed by atoms with Crippen LogP contribution in [0.4, 0.5) is 11.4 Å². The zero-order chi connectivity index (χ0) is 15.4. The fourth-order valence-corrected chi connectivity index (χ4v) is 2.22. The average Bonchev–Trinajstić information content (AvgIpc) is 2.42. The van der Waals surface area contributed by atoms with Crippen molar-refractivity contribution >= 4 is 28.9 Å². The van der Waals surface area contributed by atoms with Crippen LogP contribution in [0.2, 0.25) is 5.02 Å². The molecule has 1 unspecified atom stereocenters. The topological polar surface area (TPSA) is 61.4 Å². The van der Waals surface area contributed by atoms with Crippen molar-refractivity contribution in [3.63, 3.8) is 0 Å². The van der Waals surface area contributed by atoms with Gasteiger partial charge in [-0.1, -0.05) is 23.7 Å². The molecular weight excluding hydrogens is 288 g/mol. The molecule has 0 saturated heterocycles. The molecule has 1 amide bonds. The van der Waals surface area contributed by atoms with Crippen LogP contribution in [0.5, 0.6) is 5.75 Å². The molecule has 0 radical (unpaired) electrons. The Hall–Kier alpha value is -2.20. The molecule has 0 aliphatic carbocycles. The minimum absolute atomic E-state index is 0.0632. The van der Waals surface area contributed by atoms with Crippen molar-refractivity contribution in [1.29, 1.82) is 0 Å². The summed E-state index contributed by atoms with van der Waals surface area (Å²) < 4.78 is 0. The highest BCUT2D eigenvalue weighted by molar-refractivity contribution is 6.34. The van der Waals surface area contributed by atoms with Crippen molar-refractivity contribution in [2.24, 2.45) is 0 Å². The van der Waals surface area contributed by atoms with Crippen LogP contribution in [-0.2, 0) is 4.79 Å². The molecule has 0 saturated carbocycles. The second-order valence-electron chi connectivity index (χ2n) is 4.83. The Balaban J connectivity index is 2.10. The first-order chi connectivity index (χ1) is 9.95. The van der Waals surface area contributed by atoms with Crippen molar-refractivity contribution in [1.82, 2.24) is 0 Å². The number of amides is 1. The largest absolute Gasteiger partial charge is 0.508 e. The summed E-state index contributed by atoms with van der Waals surface area (Å²) in [5.74, 6) is 0.0868. The van der Waals surface area contributed by atoms with E-state index in [4.69, 9.17) is 11.6 Å². The molecule has 2 aromatic carbocycles. The molecule has 0 aliphatic heterocycles. The van der Waals surface area contributed by atoms with E-state index >= 15 is 0 Å². The molecule has 110 valence electrons. The second-order valence-corrected chi connectivity index (χ2v) is 5.24. The number of phenols is 1. The molecule has 21 heavy (non-hydrogen) atoms. The van der Waals surface area contributed by atoms with Gasteiger partial charge in [0.05, 0.1) is 10.7 Å². The van der Waals surface area contributed by atoms with Gasteiger partial charge in [0.25, 0.3) is 0 Å². The van der Waals surface area contributed by atoms with Crippen molar-refractivity contribution in [2.75, 3.05) is 10.6 Å². The van der Waals surface area contributed by atoms with Gasteiger partial charge in [-0.25, -0.2) is 0 Å². The van der Waals surface area contributed by atoms with Crippen LogP contribution < -0.4 is 10.6 Å². The molecule has 0 aromatic heterocycles. The molecule has 5 heteroatoms. The average molecular weight is 305 g/mol. The van der Waals surface area contributed by atoms with E-state index in [2.05, 4.69) is 10.6 Å². The molecule has 3 N–H and O–H groups in total. The second kappa shape index (κ2) is 6.50. The predicted molar refractivity (Wildman–Crippen MR) is 85.9 cm³/mol. The highest BCUT2D eigenvalue weighted by atomic mass is 35.5. The zero-order valence-corrected chi connectivity index (χ0v) is 12.6. The van der Waals surface area contributed by atoms with E-state index in [-0.39, 0.29) is 17.7 Å². The minimum Gasteiger partial charge on any atom is -0.508 e. The Morgan fingerprint density at radius 2 is 1.86 bits per heavy atom. The fraction of sp³-hybridized carbons (Fsp3) is 0.188. The van der Waals surface area contributed by atoms with Gasteiger partial charge < -0.3 is 15.7 Å². The molecule has 2 rings (SSSR count). The van der Waals surface area contributed by atoms with Crippen LogP contribution in [-0.4, -0.2) is 11.0 Å². The Labute approximate surface area is 128 Å². The zero-order valence-electron chi connectivity index (χ0n) is 11.9. The predicted octanol–water partition coefficient (Wildman–Crippen LogP) is 4.18. The molecular formula is C16H17ClN2O2. The van der Waals surface area contributed by atoms with E-state index in [0.717, 1.165) is 11.3 Å². The van der Waals surface area contributed by atoms with E-state index in [1.54, 1.807) is 24.3 Å². The Kier molecular flexibility index (Phi) is 4.70. The molecule has 1 atom stereocenters. The fourth-order valence-electron chi connectivity index (χ4n) is 1.99. The van der Waals surface area contributed by atoms with E-state index in [9.17, 15) is 9.90 Å². The number of aromatic hydroxyl groups is 1. The smallest absolute Gasteiger partial charge is 0.221 e.